The third-order valence-corrected chi connectivity index (χ3v) is 3.93. The maximum Gasteiger partial charge on any atom is 0.0762 e. The topological polar surface area (TPSA) is 20.2 Å². The minimum atomic E-state index is 0.475. The number of rotatable bonds is 2. The lowest BCUT2D eigenvalue weighted by Crippen LogP contribution is -1.90. The van der Waals surface area contributed by atoms with E-state index in [1.807, 2.05) is 0 Å². The van der Waals surface area contributed by atoms with Crippen LogP contribution in [0, 0.1) is 0 Å². The fourth-order valence-corrected chi connectivity index (χ4v) is 0.624. The maximum absolute atomic E-state index is 8.18. The van der Waals surface area contributed by atoms with Gasteiger partial charge in [-0.25, -0.2) is 0 Å². The quantitative estimate of drug-likeness (QED) is 0.470. The normalized spacial score (nSPS) is 15.1. The van der Waals surface area contributed by atoms with Crippen LogP contribution in [-0.2, 0) is 0 Å². The Morgan fingerprint density at radius 3 is 2.43 bits per heavy atom. The average Bonchev–Trinajstić information content (AvgIpc) is 1.68. The van der Waals surface area contributed by atoms with E-state index >= 15 is 0 Å². The molecule has 1 nitrogen and oxygen atoms in total. The molecule has 0 aromatic rings. The summed E-state index contributed by atoms with van der Waals surface area (Å²) in [5.41, 5.74) is 0. The number of hydrogen-bond acceptors (Lipinski definition) is 1. The Morgan fingerprint density at radius 2 is 2.29 bits per heavy atom. The summed E-state index contributed by atoms with van der Waals surface area (Å²) in [6, 6.07) is 0. The van der Waals surface area contributed by atoms with Gasteiger partial charge in [-0.05, 0) is 6.08 Å². The van der Waals surface area contributed by atoms with Crippen molar-refractivity contribution in [1.82, 2.24) is 0 Å². The summed E-state index contributed by atoms with van der Waals surface area (Å²) in [4.78, 5) is 0. The second kappa shape index (κ2) is 5.14. The highest BCUT2D eigenvalue weighted by Gasteiger charge is 1.90. The van der Waals surface area contributed by atoms with Crippen LogP contribution in [-0.4, -0.2) is 13.5 Å². The Morgan fingerprint density at radius 1 is 1.71 bits per heavy atom. The first kappa shape index (κ1) is 8.00. The van der Waals surface area contributed by atoms with Crippen molar-refractivity contribution in [2.75, 3.05) is 4.43 Å². The first-order valence-electron chi connectivity index (χ1n) is 1.82. The fourth-order valence-electron chi connectivity index (χ4n) is 0.145. The molecule has 7 heavy (non-hydrogen) atoms. The lowest BCUT2D eigenvalue weighted by Gasteiger charge is -1.91. The van der Waals surface area contributed by atoms with Gasteiger partial charge in [0, 0.05) is 8.35 Å². The first-order valence-corrected chi connectivity index (χ1v) is 4.59. The van der Waals surface area contributed by atoms with Crippen molar-refractivity contribution >= 4 is 45.2 Å². The van der Waals surface area contributed by atoms with Crippen LogP contribution in [0.1, 0.15) is 0 Å². The third-order valence-electron chi connectivity index (χ3n) is 0.442. The first-order chi connectivity index (χ1) is 3.31. The SMILES string of the molecule is OC=CC(I)CI. The van der Waals surface area contributed by atoms with Crippen LogP contribution in [0.25, 0.3) is 0 Å². The molecular formula is C4H6I2O. The molecule has 3 heteroatoms. The summed E-state index contributed by atoms with van der Waals surface area (Å²) in [7, 11) is 0. The number of aliphatic hydroxyl groups excluding tert-OH is 1. The van der Waals surface area contributed by atoms with Gasteiger partial charge in [0.05, 0.1) is 6.26 Å². The largest absolute Gasteiger partial charge is 0.516 e. The van der Waals surface area contributed by atoms with E-state index in [4.69, 9.17) is 5.11 Å². The Bertz CT molecular complexity index is 62.7. The predicted octanol–water partition coefficient (Wildman–Crippen LogP) is 2.30. The van der Waals surface area contributed by atoms with Crippen molar-refractivity contribution in [3.8, 4) is 0 Å². The third kappa shape index (κ3) is 4.86. The predicted molar refractivity (Wildman–Crippen MR) is 48.5 cm³/mol. The van der Waals surface area contributed by atoms with Crippen LogP contribution in [0.4, 0.5) is 0 Å². The van der Waals surface area contributed by atoms with Crippen molar-refractivity contribution in [2.45, 2.75) is 3.92 Å². The molecular weight excluding hydrogens is 318 g/mol. The summed E-state index contributed by atoms with van der Waals surface area (Å²) < 4.78 is 1.53. The molecule has 0 aliphatic heterocycles. The molecule has 0 rings (SSSR count). The molecule has 0 saturated heterocycles. The molecule has 0 amide bonds. The minimum Gasteiger partial charge on any atom is -0.516 e. The van der Waals surface area contributed by atoms with Crippen LogP contribution in [0.2, 0.25) is 0 Å². The molecule has 0 aromatic carbocycles. The molecule has 1 unspecified atom stereocenters. The van der Waals surface area contributed by atoms with Crippen LogP contribution in [0.3, 0.4) is 0 Å². The molecule has 0 fully saturated rings. The minimum absolute atomic E-state index is 0.475. The van der Waals surface area contributed by atoms with Crippen molar-refractivity contribution in [1.29, 1.82) is 0 Å². The Labute approximate surface area is 70.5 Å². The van der Waals surface area contributed by atoms with Gasteiger partial charge in [-0.15, -0.1) is 0 Å². The lowest BCUT2D eigenvalue weighted by molar-refractivity contribution is 0.472. The van der Waals surface area contributed by atoms with Gasteiger partial charge in [-0.1, -0.05) is 45.2 Å². The number of hydrogen-bond donors (Lipinski definition) is 1. The van der Waals surface area contributed by atoms with Crippen LogP contribution in [0.15, 0.2) is 12.3 Å². The van der Waals surface area contributed by atoms with Gasteiger partial charge >= 0.3 is 0 Å². The zero-order valence-electron chi connectivity index (χ0n) is 3.64. The second-order valence-corrected chi connectivity index (χ2v) is 3.49. The molecule has 42 valence electrons. The van der Waals surface area contributed by atoms with E-state index in [0.29, 0.717) is 3.92 Å². The smallest absolute Gasteiger partial charge is 0.0762 e. The number of aliphatic hydroxyl groups is 1. The Kier molecular flexibility index (Phi) is 5.88. The van der Waals surface area contributed by atoms with Gasteiger partial charge in [-0.3, -0.25) is 0 Å². The van der Waals surface area contributed by atoms with Crippen molar-refractivity contribution in [3.05, 3.63) is 12.3 Å². The van der Waals surface area contributed by atoms with E-state index in [-0.39, 0.29) is 0 Å². The van der Waals surface area contributed by atoms with Crippen LogP contribution < -0.4 is 0 Å². The zero-order chi connectivity index (χ0) is 5.70. The summed E-state index contributed by atoms with van der Waals surface area (Å²) in [6.07, 6.45) is 2.85. The van der Waals surface area contributed by atoms with E-state index in [9.17, 15) is 0 Å². The highest BCUT2D eigenvalue weighted by Crippen LogP contribution is 2.04. The van der Waals surface area contributed by atoms with Crippen LogP contribution >= 0.6 is 45.2 Å². The van der Waals surface area contributed by atoms with Crippen molar-refractivity contribution < 1.29 is 5.11 Å². The van der Waals surface area contributed by atoms with Gasteiger partial charge in [0.2, 0.25) is 0 Å². The van der Waals surface area contributed by atoms with E-state index in [1.165, 1.54) is 0 Å². The van der Waals surface area contributed by atoms with Gasteiger partial charge < -0.3 is 5.11 Å². The van der Waals surface area contributed by atoms with E-state index in [2.05, 4.69) is 45.2 Å². The zero-order valence-corrected chi connectivity index (χ0v) is 7.96. The summed E-state index contributed by atoms with van der Waals surface area (Å²) in [5, 5.41) is 8.18. The van der Waals surface area contributed by atoms with E-state index < -0.39 is 0 Å². The van der Waals surface area contributed by atoms with Crippen molar-refractivity contribution in [2.24, 2.45) is 0 Å². The molecule has 0 bridgehead atoms. The summed E-state index contributed by atoms with van der Waals surface area (Å²) in [5.74, 6) is 0. The molecule has 1 N–H and O–H groups in total. The number of allylic oxidation sites excluding steroid dienone is 1. The monoisotopic (exact) mass is 324 g/mol. The van der Waals surface area contributed by atoms with Crippen LogP contribution in [0.5, 0.6) is 0 Å². The van der Waals surface area contributed by atoms with Gasteiger partial charge in [-0.2, -0.15) is 0 Å². The lowest BCUT2D eigenvalue weighted by atomic mass is 10.5. The summed E-state index contributed by atoms with van der Waals surface area (Å²) >= 11 is 4.52. The Hall–Kier alpha value is 1.00. The molecule has 0 heterocycles. The highest BCUT2D eigenvalue weighted by atomic mass is 127. The second-order valence-electron chi connectivity index (χ2n) is 1.01. The molecule has 0 aliphatic rings. The Balaban J connectivity index is 3.16. The fraction of sp³-hybridized carbons (Fsp3) is 0.500. The van der Waals surface area contributed by atoms with Crippen molar-refractivity contribution in [3.63, 3.8) is 0 Å². The molecule has 0 aliphatic carbocycles. The van der Waals surface area contributed by atoms with E-state index in [1.54, 1.807) is 6.08 Å². The van der Waals surface area contributed by atoms with Gasteiger partial charge in [0.1, 0.15) is 0 Å². The number of alkyl halides is 2. The molecule has 0 aromatic heterocycles. The molecule has 0 saturated carbocycles. The number of halogens is 2. The average molecular weight is 324 g/mol. The van der Waals surface area contributed by atoms with E-state index in [0.717, 1.165) is 10.7 Å². The standard InChI is InChI=1S/C4H6I2O/c5-3-4(6)1-2-7/h1-2,4,7H,3H2. The summed E-state index contributed by atoms with van der Waals surface area (Å²) in [6.45, 7) is 0. The molecule has 0 radical (unpaired) electrons. The van der Waals surface area contributed by atoms with Gasteiger partial charge in [0.15, 0.2) is 0 Å². The molecule has 0 spiro atoms. The highest BCUT2D eigenvalue weighted by molar-refractivity contribution is 14.1. The maximum atomic E-state index is 8.18. The molecule has 1 atom stereocenters. The van der Waals surface area contributed by atoms with Gasteiger partial charge in [0.25, 0.3) is 0 Å².